The molecule has 1 aromatic carbocycles. The lowest BCUT2D eigenvalue weighted by Gasteiger charge is -2.05. The van der Waals surface area contributed by atoms with Gasteiger partial charge in [-0.3, -0.25) is 0 Å². The molecule has 0 aliphatic heterocycles. The Hall–Kier alpha value is -0.910. The molecule has 0 spiro atoms. The molecule has 5 heteroatoms. The van der Waals surface area contributed by atoms with Gasteiger partial charge in [0, 0.05) is 6.15 Å². The van der Waals surface area contributed by atoms with Crippen LogP contribution in [0.25, 0.3) is 0 Å². The molecule has 4 nitrogen and oxygen atoms in total. The normalized spacial score (nSPS) is 13.0. The maximum atomic E-state index is 11.4. The Labute approximate surface area is 90.4 Å². The summed E-state index contributed by atoms with van der Waals surface area (Å²) in [4.78, 5) is 0.310. The van der Waals surface area contributed by atoms with Crippen molar-refractivity contribution in [2.75, 3.05) is 5.75 Å². The van der Waals surface area contributed by atoms with Crippen LogP contribution in [0.1, 0.15) is 25.5 Å². The zero-order valence-corrected chi connectivity index (χ0v) is 9.53. The summed E-state index contributed by atoms with van der Waals surface area (Å²) in [6.45, 7) is 3.25. The molecule has 0 fully saturated rings. The average Bonchev–Trinajstić information content (AvgIpc) is 2.18. The Morgan fingerprint density at radius 3 is 2.07 bits per heavy atom. The van der Waals surface area contributed by atoms with Crippen molar-refractivity contribution in [3.63, 3.8) is 0 Å². The molecule has 1 N–H and O–H groups in total. The van der Waals surface area contributed by atoms with Crippen LogP contribution in [0.2, 0.25) is 0 Å². The van der Waals surface area contributed by atoms with Crippen molar-refractivity contribution in [3.05, 3.63) is 29.8 Å². The maximum absolute atomic E-state index is 11.4. The minimum Gasteiger partial charge on any atom is -0.389 e. The van der Waals surface area contributed by atoms with Crippen molar-refractivity contribution >= 4 is 9.84 Å². The molecule has 1 rings (SSSR count). The molecule has 0 bridgehead atoms. The highest BCUT2D eigenvalue weighted by Gasteiger charge is 2.11. The zero-order chi connectivity index (χ0) is 10.8. The van der Waals surface area contributed by atoms with Gasteiger partial charge < -0.3 is 5.11 Å². The maximum Gasteiger partial charge on any atom is 0.178 e. The fourth-order valence-electron chi connectivity index (χ4n) is 1.12. The highest BCUT2D eigenvalue weighted by Crippen LogP contribution is 2.16. The van der Waals surface area contributed by atoms with E-state index < -0.39 is 15.9 Å². The summed E-state index contributed by atoms with van der Waals surface area (Å²) < 4.78 is 22.8. The number of hydrogen-bond acceptors (Lipinski definition) is 3. The van der Waals surface area contributed by atoms with Gasteiger partial charge in [-0.15, -0.1) is 0 Å². The van der Waals surface area contributed by atoms with Gasteiger partial charge in [-0.1, -0.05) is 19.1 Å². The molecule has 0 aromatic heterocycles. The van der Waals surface area contributed by atoms with E-state index in [0.29, 0.717) is 4.90 Å². The number of nitrogens with zero attached hydrogens (tertiary/aromatic N) is 1. The lowest BCUT2D eigenvalue weighted by molar-refractivity contribution is 0.199. The predicted molar refractivity (Wildman–Crippen MR) is 56.9 cm³/mol. The number of aliphatic hydroxyl groups excluding tert-OH is 1. The van der Waals surface area contributed by atoms with Crippen molar-refractivity contribution in [3.8, 4) is 0 Å². The lowest BCUT2D eigenvalue weighted by atomic mass is 10.1. The molecular formula is C10H14NO3S. The number of rotatable bonds is 3. The van der Waals surface area contributed by atoms with Gasteiger partial charge in [0.05, 0.1) is 16.8 Å². The van der Waals surface area contributed by atoms with Crippen molar-refractivity contribution in [2.24, 2.45) is 0 Å². The molecule has 0 heterocycles. The topological polar surface area (TPSA) is 84.9 Å². The predicted octanol–water partition coefficient (Wildman–Crippen LogP) is 1.05. The fourth-order valence-corrected chi connectivity index (χ4v) is 2.00. The van der Waals surface area contributed by atoms with Gasteiger partial charge in [-0.25, -0.2) is 8.42 Å². The van der Waals surface area contributed by atoms with E-state index in [2.05, 4.69) is 0 Å². The Kier molecular flexibility index (Phi) is 4.93. The van der Waals surface area contributed by atoms with Crippen LogP contribution in [0, 0.1) is 0 Å². The van der Waals surface area contributed by atoms with Gasteiger partial charge in [0.25, 0.3) is 0 Å². The van der Waals surface area contributed by atoms with Crippen LogP contribution in [0.3, 0.4) is 0 Å². The van der Waals surface area contributed by atoms with Gasteiger partial charge in [0.15, 0.2) is 9.84 Å². The molecule has 0 saturated heterocycles. The first-order valence-corrected chi connectivity index (χ1v) is 6.13. The first-order chi connectivity index (χ1) is 6.47. The van der Waals surface area contributed by atoms with Gasteiger partial charge >= 0.3 is 0 Å². The van der Waals surface area contributed by atoms with Crippen LogP contribution in [-0.4, -0.2) is 19.3 Å². The fraction of sp³-hybridized carbons (Fsp3) is 0.400. The molecule has 0 amide bonds. The number of aliphatic hydroxyl groups is 1. The van der Waals surface area contributed by atoms with E-state index in [1.807, 2.05) is 0 Å². The van der Waals surface area contributed by atoms with E-state index in [-0.39, 0.29) is 11.9 Å². The largest absolute Gasteiger partial charge is 0.389 e. The summed E-state index contributed by atoms with van der Waals surface area (Å²) in [6, 6.07) is 6.32. The summed E-state index contributed by atoms with van der Waals surface area (Å²) in [5.74, 6) is 0.0982. The number of sulfone groups is 1. The van der Waals surface area contributed by atoms with E-state index in [9.17, 15) is 13.5 Å². The zero-order valence-electron chi connectivity index (χ0n) is 8.71. The van der Waals surface area contributed by atoms with E-state index in [1.54, 1.807) is 26.0 Å². The molecule has 0 saturated carbocycles. The smallest absolute Gasteiger partial charge is 0.178 e. The second-order valence-corrected chi connectivity index (χ2v) is 5.43. The Morgan fingerprint density at radius 2 is 1.73 bits per heavy atom. The van der Waals surface area contributed by atoms with E-state index in [4.69, 9.17) is 0 Å². The number of hydrogen-bond donors (Lipinski definition) is 1. The monoisotopic (exact) mass is 228 g/mol. The minimum atomic E-state index is -3.12. The van der Waals surface area contributed by atoms with Crippen molar-refractivity contribution < 1.29 is 13.5 Å². The van der Waals surface area contributed by atoms with Crippen LogP contribution in [0.15, 0.2) is 29.2 Å². The molecular weight excluding hydrogens is 214 g/mol. The van der Waals surface area contributed by atoms with E-state index in [0.717, 1.165) is 5.56 Å². The van der Waals surface area contributed by atoms with Crippen LogP contribution in [-0.2, 0) is 9.84 Å². The minimum absolute atomic E-state index is 0. The molecule has 0 aliphatic carbocycles. The first-order valence-electron chi connectivity index (χ1n) is 4.48. The second kappa shape index (κ2) is 5.25. The molecule has 0 aliphatic rings. The SMILES string of the molecule is CCS(=O)(=O)c1ccc(C(C)O)cc1.[N]. The molecule has 3 radical (unpaired) electrons. The van der Waals surface area contributed by atoms with Crippen molar-refractivity contribution in [2.45, 2.75) is 24.8 Å². The molecule has 15 heavy (non-hydrogen) atoms. The van der Waals surface area contributed by atoms with Crippen molar-refractivity contribution in [1.29, 1.82) is 0 Å². The third kappa shape index (κ3) is 3.30. The Balaban J connectivity index is 0.00000196. The average molecular weight is 228 g/mol. The van der Waals surface area contributed by atoms with Crippen LogP contribution in [0.5, 0.6) is 0 Å². The van der Waals surface area contributed by atoms with Gasteiger partial charge in [0.2, 0.25) is 0 Å². The van der Waals surface area contributed by atoms with E-state index in [1.165, 1.54) is 12.1 Å². The third-order valence-electron chi connectivity index (χ3n) is 2.10. The highest BCUT2D eigenvalue weighted by atomic mass is 32.2. The molecule has 1 unspecified atom stereocenters. The second-order valence-electron chi connectivity index (χ2n) is 3.15. The summed E-state index contributed by atoms with van der Waals surface area (Å²) in [7, 11) is -3.12. The van der Waals surface area contributed by atoms with Crippen LogP contribution in [0.4, 0.5) is 0 Å². The van der Waals surface area contributed by atoms with Gasteiger partial charge in [-0.2, -0.15) is 0 Å². The molecule has 1 atom stereocenters. The van der Waals surface area contributed by atoms with Gasteiger partial charge in [-0.05, 0) is 24.6 Å². The third-order valence-corrected chi connectivity index (χ3v) is 3.85. The van der Waals surface area contributed by atoms with Crippen LogP contribution >= 0.6 is 0 Å². The number of benzene rings is 1. The standard InChI is InChI=1S/C10H14O3S.N/c1-3-14(12,13)10-6-4-9(5-7-10)8(2)11;/h4-8,11H,3H2,1-2H3;. The van der Waals surface area contributed by atoms with E-state index >= 15 is 0 Å². The summed E-state index contributed by atoms with van der Waals surface area (Å²) in [5.41, 5.74) is 0.722. The van der Waals surface area contributed by atoms with Crippen molar-refractivity contribution in [1.82, 2.24) is 6.15 Å². The van der Waals surface area contributed by atoms with Crippen LogP contribution < -0.4 is 6.15 Å². The first kappa shape index (κ1) is 14.1. The highest BCUT2D eigenvalue weighted by molar-refractivity contribution is 7.91. The Bertz CT molecular complexity index is 395. The summed E-state index contributed by atoms with van der Waals surface area (Å²) in [6.07, 6.45) is -0.562. The Morgan fingerprint density at radius 1 is 1.27 bits per heavy atom. The molecule has 83 valence electrons. The summed E-state index contributed by atoms with van der Waals surface area (Å²) >= 11 is 0. The summed E-state index contributed by atoms with van der Waals surface area (Å²) in [5, 5.41) is 9.23. The quantitative estimate of drug-likeness (QED) is 0.839. The molecule has 1 aromatic rings. The van der Waals surface area contributed by atoms with Gasteiger partial charge in [0.1, 0.15) is 0 Å². The lowest BCUT2D eigenvalue weighted by Crippen LogP contribution is -2.03.